The molecule has 0 atom stereocenters. The lowest BCUT2D eigenvalue weighted by molar-refractivity contribution is 0.102. The summed E-state index contributed by atoms with van der Waals surface area (Å²) in [4.78, 5) is 26.3. The van der Waals surface area contributed by atoms with Crippen molar-refractivity contribution in [2.24, 2.45) is 0 Å². The number of rotatable bonds is 6. The minimum Gasteiger partial charge on any atom is -0.477 e. The monoisotopic (exact) mass is 509 g/mol. The van der Waals surface area contributed by atoms with Crippen molar-refractivity contribution in [2.75, 3.05) is 45.2 Å². The summed E-state index contributed by atoms with van der Waals surface area (Å²) in [7, 11) is 2.16. The standard InChI is InChI=1S/C29H31N7O2/c1-4-38-28-10-9-27-31-19-26(36(27)33-28)8-5-22-16-24(18-30-17-22)29(37)32-25-7-6-23(21(2)15-25)20-35-13-11-34(3)12-14-35/h6-7,9-10,15-19H,4,11-14,20H2,1-3H3,(H,32,37). The largest absolute Gasteiger partial charge is 0.477 e. The lowest BCUT2D eigenvalue weighted by Gasteiger charge is -2.32. The smallest absolute Gasteiger partial charge is 0.257 e. The Bertz CT molecular complexity index is 1510. The van der Waals surface area contributed by atoms with Crippen LogP contribution in [0.4, 0.5) is 5.69 Å². The van der Waals surface area contributed by atoms with Crippen LogP contribution in [-0.2, 0) is 6.54 Å². The molecule has 1 amide bonds. The summed E-state index contributed by atoms with van der Waals surface area (Å²) in [6.07, 6.45) is 4.83. The summed E-state index contributed by atoms with van der Waals surface area (Å²) in [6, 6.07) is 11.4. The molecule has 0 aliphatic carbocycles. The molecule has 38 heavy (non-hydrogen) atoms. The zero-order valence-electron chi connectivity index (χ0n) is 21.9. The first-order valence-electron chi connectivity index (χ1n) is 12.7. The summed E-state index contributed by atoms with van der Waals surface area (Å²) in [5, 5.41) is 7.41. The highest BCUT2D eigenvalue weighted by molar-refractivity contribution is 6.04. The van der Waals surface area contributed by atoms with Crippen molar-refractivity contribution in [2.45, 2.75) is 20.4 Å². The topological polar surface area (TPSA) is 87.9 Å². The molecule has 5 rings (SSSR count). The number of fused-ring (bicyclic) bond motifs is 1. The van der Waals surface area contributed by atoms with Gasteiger partial charge in [0, 0.05) is 62.4 Å². The van der Waals surface area contributed by atoms with Crippen molar-refractivity contribution in [1.29, 1.82) is 0 Å². The minimum absolute atomic E-state index is 0.231. The summed E-state index contributed by atoms with van der Waals surface area (Å²) >= 11 is 0. The average Bonchev–Trinajstić information content (AvgIpc) is 3.33. The van der Waals surface area contributed by atoms with Crippen molar-refractivity contribution < 1.29 is 9.53 Å². The van der Waals surface area contributed by atoms with E-state index >= 15 is 0 Å². The summed E-state index contributed by atoms with van der Waals surface area (Å²) in [5.74, 6) is 6.41. The van der Waals surface area contributed by atoms with Gasteiger partial charge in [0.1, 0.15) is 5.69 Å². The molecule has 1 aliphatic rings. The number of anilines is 1. The number of likely N-dealkylation sites (N-methyl/N-ethyl adjacent to an activating group) is 1. The van der Waals surface area contributed by atoms with Crippen LogP contribution in [0.2, 0.25) is 0 Å². The molecule has 1 saturated heterocycles. The van der Waals surface area contributed by atoms with Crippen LogP contribution in [0.25, 0.3) is 5.65 Å². The Morgan fingerprint density at radius 3 is 2.68 bits per heavy atom. The number of hydrogen-bond donors (Lipinski definition) is 1. The first-order chi connectivity index (χ1) is 18.5. The van der Waals surface area contributed by atoms with Crippen LogP contribution in [-0.4, -0.2) is 75.1 Å². The Labute approximate surface area is 222 Å². The predicted molar refractivity (Wildman–Crippen MR) is 146 cm³/mol. The molecule has 9 heteroatoms. The van der Waals surface area contributed by atoms with Gasteiger partial charge in [0.15, 0.2) is 5.65 Å². The molecule has 194 valence electrons. The number of ether oxygens (including phenoxy) is 1. The third-order valence-corrected chi connectivity index (χ3v) is 6.56. The summed E-state index contributed by atoms with van der Waals surface area (Å²) in [5.41, 5.74) is 5.54. The molecule has 0 saturated carbocycles. The summed E-state index contributed by atoms with van der Waals surface area (Å²) in [6.45, 7) is 9.77. The van der Waals surface area contributed by atoms with Crippen LogP contribution in [0.3, 0.4) is 0 Å². The number of carbonyl (C=O) groups is 1. The van der Waals surface area contributed by atoms with Gasteiger partial charge in [-0.05, 0) is 62.2 Å². The maximum Gasteiger partial charge on any atom is 0.257 e. The normalized spacial score (nSPS) is 14.2. The number of carbonyl (C=O) groups excluding carboxylic acids is 1. The van der Waals surface area contributed by atoms with Gasteiger partial charge in [-0.15, -0.1) is 5.10 Å². The maximum atomic E-state index is 13.0. The van der Waals surface area contributed by atoms with E-state index in [1.54, 1.807) is 35.2 Å². The number of nitrogens with zero attached hydrogens (tertiary/aromatic N) is 6. The molecule has 1 aromatic carbocycles. The SMILES string of the molecule is CCOc1ccc2ncc(C#Cc3cncc(C(=O)Nc4ccc(CN5CCN(C)CC5)c(C)c4)c3)n2n1. The van der Waals surface area contributed by atoms with E-state index in [9.17, 15) is 4.79 Å². The Kier molecular flexibility index (Phi) is 7.63. The third kappa shape index (κ3) is 5.99. The van der Waals surface area contributed by atoms with Gasteiger partial charge in [-0.1, -0.05) is 12.0 Å². The Morgan fingerprint density at radius 2 is 1.89 bits per heavy atom. The zero-order chi connectivity index (χ0) is 26.5. The van der Waals surface area contributed by atoms with Crippen LogP contribution < -0.4 is 10.1 Å². The van der Waals surface area contributed by atoms with E-state index < -0.39 is 0 Å². The Balaban J connectivity index is 1.26. The average molecular weight is 510 g/mol. The van der Waals surface area contributed by atoms with Crippen molar-refractivity contribution in [3.05, 3.63) is 82.9 Å². The van der Waals surface area contributed by atoms with Gasteiger partial charge in [-0.25, -0.2) is 9.50 Å². The van der Waals surface area contributed by atoms with Gasteiger partial charge in [0.25, 0.3) is 5.91 Å². The highest BCUT2D eigenvalue weighted by Crippen LogP contribution is 2.19. The number of nitrogens with one attached hydrogen (secondary N) is 1. The van der Waals surface area contributed by atoms with E-state index in [4.69, 9.17) is 4.74 Å². The number of imidazole rings is 1. The van der Waals surface area contributed by atoms with E-state index in [2.05, 4.69) is 62.1 Å². The second-order valence-corrected chi connectivity index (χ2v) is 9.41. The first kappa shape index (κ1) is 25.4. The van der Waals surface area contributed by atoms with Crippen LogP contribution >= 0.6 is 0 Å². The van der Waals surface area contributed by atoms with Crippen molar-refractivity contribution in [1.82, 2.24) is 29.4 Å². The molecule has 0 spiro atoms. The molecule has 1 N–H and O–H groups in total. The van der Waals surface area contributed by atoms with E-state index in [1.165, 1.54) is 5.56 Å². The first-order valence-corrected chi connectivity index (χ1v) is 12.7. The molecule has 4 heterocycles. The van der Waals surface area contributed by atoms with Gasteiger partial charge >= 0.3 is 0 Å². The fourth-order valence-electron chi connectivity index (χ4n) is 4.34. The Morgan fingerprint density at radius 1 is 1.05 bits per heavy atom. The number of aromatic nitrogens is 4. The van der Waals surface area contributed by atoms with E-state index in [0.717, 1.165) is 44.0 Å². The van der Waals surface area contributed by atoms with Crippen molar-refractivity contribution >= 4 is 17.2 Å². The fourth-order valence-corrected chi connectivity index (χ4v) is 4.34. The van der Waals surface area contributed by atoms with Gasteiger partial charge in [-0.2, -0.15) is 0 Å². The van der Waals surface area contributed by atoms with Crippen LogP contribution in [0.15, 0.2) is 55.0 Å². The highest BCUT2D eigenvalue weighted by atomic mass is 16.5. The quantitative estimate of drug-likeness (QED) is 0.399. The predicted octanol–water partition coefficient (Wildman–Crippen LogP) is 3.23. The molecule has 0 unspecified atom stereocenters. The maximum absolute atomic E-state index is 13.0. The lowest BCUT2D eigenvalue weighted by Crippen LogP contribution is -2.43. The lowest BCUT2D eigenvalue weighted by atomic mass is 10.1. The van der Waals surface area contributed by atoms with Crippen molar-refractivity contribution in [3.8, 4) is 17.7 Å². The van der Waals surface area contributed by atoms with Gasteiger partial charge in [0.2, 0.25) is 5.88 Å². The molecule has 0 bridgehead atoms. The van der Waals surface area contributed by atoms with Crippen LogP contribution in [0, 0.1) is 18.8 Å². The summed E-state index contributed by atoms with van der Waals surface area (Å²) < 4.78 is 7.11. The van der Waals surface area contributed by atoms with Gasteiger partial charge in [0.05, 0.1) is 18.4 Å². The van der Waals surface area contributed by atoms with E-state index in [1.807, 2.05) is 25.1 Å². The number of pyridine rings is 1. The molecule has 3 aromatic heterocycles. The molecular formula is C29H31N7O2. The number of hydrogen-bond acceptors (Lipinski definition) is 7. The minimum atomic E-state index is -0.231. The Hall–Kier alpha value is -4.26. The molecule has 1 fully saturated rings. The fraction of sp³-hybridized carbons (Fsp3) is 0.310. The molecular weight excluding hydrogens is 478 g/mol. The van der Waals surface area contributed by atoms with Crippen LogP contribution in [0.5, 0.6) is 5.88 Å². The second-order valence-electron chi connectivity index (χ2n) is 9.41. The van der Waals surface area contributed by atoms with Crippen molar-refractivity contribution in [3.63, 3.8) is 0 Å². The molecule has 0 radical (unpaired) electrons. The van der Waals surface area contributed by atoms with E-state index in [-0.39, 0.29) is 5.91 Å². The molecule has 4 aromatic rings. The van der Waals surface area contributed by atoms with E-state index in [0.29, 0.717) is 35.0 Å². The van der Waals surface area contributed by atoms with Gasteiger partial charge < -0.3 is 15.0 Å². The highest BCUT2D eigenvalue weighted by Gasteiger charge is 2.15. The number of amides is 1. The molecule has 1 aliphatic heterocycles. The number of benzene rings is 1. The molecule has 9 nitrogen and oxygen atoms in total. The van der Waals surface area contributed by atoms with Gasteiger partial charge in [-0.3, -0.25) is 14.7 Å². The number of aryl methyl sites for hydroxylation is 1. The zero-order valence-corrected chi connectivity index (χ0v) is 21.9. The third-order valence-electron chi connectivity index (χ3n) is 6.56. The number of piperazine rings is 1. The second kappa shape index (κ2) is 11.4. The van der Waals surface area contributed by atoms with Crippen LogP contribution in [0.1, 0.15) is 39.7 Å².